The first-order chi connectivity index (χ1) is 10.2. The minimum atomic E-state index is -0.343. The molecule has 108 valence electrons. The summed E-state index contributed by atoms with van der Waals surface area (Å²) in [5, 5.41) is 19.3. The predicted molar refractivity (Wildman–Crippen MR) is 74.3 cm³/mol. The van der Waals surface area contributed by atoms with Gasteiger partial charge in [-0.2, -0.15) is 5.26 Å². The zero-order valence-corrected chi connectivity index (χ0v) is 11.4. The Balaban J connectivity index is 2.14. The number of carbonyl (C=O) groups excluding carboxylic acids is 1. The summed E-state index contributed by atoms with van der Waals surface area (Å²) in [7, 11) is 1.47. The van der Waals surface area contributed by atoms with Crippen LogP contribution < -0.4 is 15.8 Å². The molecule has 1 amide bonds. The summed E-state index contributed by atoms with van der Waals surface area (Å²) in [6.07, 6.45) is 1.59. The number of benzene rings is 1. The maximum Gasteiger partial charge on any atom is 0.246 e. The number of carbonyl (C=O) groups is 1. The first kappa shape index (κ1) is 14.5. The summed E-state index contributed by atoms with van der Waals surface area (Å²) >= 11 is 0. The molecule has 0 saturated carbocycles. The largest absolute Gasteiger partial charge is 0.495 e. The molecule has 1 aromatic carbocycles. The normalized spacial score (nSPS) is 9.95. The summed E-state index contributed by atoms with van der Waals surface area (Å²) in [6.45, 7) is 0.225. The molecule has 2 rings (SSSR count). The molecule has 0 aliphatic carbocycles. The van der Waals surface area contributed by atoms with Crippen LogP contribution in [0.3, 0.4) is 0 Å². The highest BCUT2D eigenvalue weighted by Gasteiger charge is 2.13. The molecule has 0 fully saturated rings. The third kappa shape index (κ3) is 3.34. The molecule has 0 radical (unpaired) electrons. The number of rotatable bonds is 5. The Labute approximate surface area is 121 Å². The number of aromatic nitrogens is 3. The van der Waals surface area contributed by atoms with Gasteiger partial charge in [0, 0.05) is 6.54 Å². The molecule has 1 heterocycles. The number of anilines is 1. The molecule has 8 heteroatoms. The Morgan fingerprint density at radius 3 is 3.00 bits per heavy atom. The van der Waals surface area contributed by atoms with E-state index in [0.717, 1.165) is 0 Å². The highest BCUT2D eigenvalue weighted by Crippen LogP contribution is 2.27. The number of methoxy groups -OCH3 is 1. The number of amides is 1. The van der Waals surface area contributed by atoms with Gasteiger partial charge in [-0.15, -0.1) is 5.10 Å². The van der Waals surface area contributed by atoms with Crippen molar-refractivity contribution in [2.45, 2.75) is 13.1 Å². The molecular formula is C13H14N6O2. The van der Waals surface area contributed by atoms with Crippen molar-refractivity contribution in [1.82, 2.24) is 15.0 Å². The minimum absolute atomic E-state index is 0.0318. The standard InChI is InChI=1S/C13H14N6O2/c1-21-11-4-2-3-9(5-14)13(11)16-12(20)8-19-7-10(6-15)17-18-19/h2-4,7H,6,8,15H2,1H3,(H,16,20). The Kier molecular flexibility index (Phi) is 4.48. The van der Waals surface area contributed by atoms with Crippen molar-refractivity contribution in [3.8, 4) is 11.8 Å². The lowest BCUT2D eigenvalue weighted by Gasteiger charge is -2.11. The fourth-order valence-electron chi connectivity index (χ4n) is 1.76. The van der Waals surface area contributed by atoms with Gasteiger partial charge in [0.15, 0.2) is 0 Å². The van der Waals surface area contributed by atoms with E-state index in [1.165, 1.54) is 11.8 Å². The van der Waals surface area contributed by atoms with Crippen LogP contribution in [-0.4, -0.2) is 28.0 Å². The molecule has 1 aromatic heterocycles. The van der Waals surface area contributed by atoms with Crippen LogP contribution in [0.25, 0.3) is 0 Å². The van der Waals surface area contributed by atoms with Gasteiger partial charge in [-0.3, -0.25) is 4.79 Å². The van der Waals surface area contributed by atoms with Gasteiger partial charge in [0.05, 0.1) is 24.6 Å². The average molecular weight is 286 g/mol. The van der Waals surface area contributed by atoms with Gasteiger partial charge in [-0.1, -0.05) is 11.3 Å². The van der Waals surface area contributed by atoms with Crippen LogP contribution in [0.2, 0.25) is 0 Å². The van der Waals surface area contributed by atoms with Crippen LogP contribution in [-0.2, 0) is 17.9 Å². The molecule has 8 nitrogen and oxygen atoms in total. The second-order valence-corrected chi connectivity index (χ2v) is 4.15. The SMILES string of the molecule is COc1cccc(C#N)c1NC(=O)Cn1cc(CN)nn1. The van der Waals surface area contributed by atoms with E-state index in [4.69, 9.17) is 15.7 Å². The lowest BCUT2D eigenvalue weighted by atomic mass is 10.2. The van der Waals surface area contributed by atoms with Gasteiger partial charge in [0.25, 0.3) is 0 Å². The van der Waals surface area contributed by atoms with Crippen LogP contribution in [0.4, 0.5) is 5.69 Å². The molecule has 0 unspecified atom stereocenters. The molecule has 21 heavy (non-hydrogen) atoms. The van der Waals surface area contributed by atoms with E-state index in [1.807, 2.05) is 6.07 Å². The molecule has 0 aliphatic rings. The topological polar surface area (TPSA) is 119 Å². The van der Waals surface area contributed by atoms with E-state index in [-0.39, 0.29) is 19.0 Å². The molecule has 2 aromatic rings. The first-order valence-corrected chi connectivity index (χ1v) is 6.14. The second-order valence-electron chi connectivity index (χ2n) is 4.15. The van der Waals surface area contributed by atoms with Crippen molar-refractivity contribution >= 4 is 11.6 Å². The summed E-state index contributed by atoms with van der Waals surface area (Å²) < 4.78 is 6.52. The van der Waals surface area contributed by atoms with Crippen molar-refractivity contribution in [3.63, 3.8) is 0 Å². The van der Waals surface area contributed by atoms with Crippen LogP contribution in [0.1, 0.15) is 11.3 Å². The van der Waals surface area contributed by atoms with E-state index < -0.39 is 0 Å². The average Bonchev–Trinajstić information content (AvgIpc) is 2.94. The quantitative estimate of drug-likeness (QED) is 0.813. The van der Waals surface area contributed by atoms with Crippen molar-refractivity contribution in [3.05, 3.63) is 35.7 Å². The molecule has 3 N–H and O–H groups in total. The zero-order valence-electron chi connectivity index (χ0n) is 11.4. The van der Waals surface area contributed by atoms with Crippen LogP contribution in [0.15, 0.2) is 24.4 Å². The molecule has 0 atom stereocenters. The third-order valence-electron chi connectivity index (χ3n) is 2.73. The molecule has 0 spiro atoms. The minimum Gasteiger partial charge on any atom is -0.495 e. The summed E-state index contributed by atoms with van der Waals surface area (Å²) in [6, 6.07) is 6.95. The number of ether oxygens (including phenoxy) is 1. The number of hydrogen-bond donors (Lipinski definition) is 2. The zero-order chi connectivity index (χ0) is 15.2. The van der Waals surface area contributed by atoms with Gasteiger partial charge in [0.1, 0.15) is 24.1 Å². The van der Waals surface area contributed by atoms with Crippen LogP contribution in [0.5, 0.6) is 5.75 Å². The van der Waals surface area contributed by atoms with Gasteiger partial charge >= 0.3 is 0 Å². The van der Waals surface area contributed by atoms with Gasteiger partial charge in [-0.25, -0.2) is 4.68 Å². The maximum atomic E-state index is 12.0. The summed E-state index contributed by atoms with van der Waals surface area (Å²) in [5.74, 6) is 0.0770. The Morgan fingerprint density at radius 2 is 2.38 bits per heavy atom. The van der Waals surface area contributed by atoms with Crippen LogP contribution in [0, 0.1) is 11.3 Å². The second kappa shape index (κ2) is 6.49. The van der Waals surface area contributed by atoms with Crippen LogP contribution >= 0.6 is 0 Å². The van der Waals surface area contributed by atoms with E-state index in [9.17, 15) is 4.79 Å². The monoisotopic (exact) mass is 286 g/mol. The van der Waals surface area contributed by atoms with Crippen molar-refractivity contribution < 1.29 is 9.53 Å². The molecular weight excluding hydrogens is 272 g/mol. The summed E-state index contributed by atoms with van der Waals surface area (Å²) in [4.78, 5) is 12.0. The predicted octanol–water partition coefficient (Wildman–Crippen LogP) is 0.256. The number of nitriles is 1. The highest BCUT2D eigenvalue weighted by molar-refractivity contribution is 5.93. The van der Waals surface area contributed by atoms with Gasteiger partial charge < -0.3 is 15.8 Å². The number of nitrogens with zero attached hydrogens (tertiary/aromatic N) is 4. The van der Waals surface area contributed by atoms with E-state index in [2.05, 4.69) is 15.6 Å². The maximum absolute atomic E-state index is 12.0. The van der Waals surface area contributed by atoms with Gasteiger partial charge in [0.2, 0.25) is 5.91 Å². The van der Waals surface area contributed by atoms with E-state index in [0.29, 0.717) is 22.7 Å². The molecule has 0 bridgehead atoms. The number of nitrogens with one attached hydrogen (secondary N) is 1. The van der Waals surface area contributed by atoms with Crippen molar-refractivity contribution in [2.24, 2.45) is 5.73 Å². The fraction of sp³-hybridized carbons (Fsp3) is 0.231. The lowest BCUT2D eigenvalue weighted by molar-refractivity contribution is -0.116. The smallest absolute Gasteiger partial charge is 0.246 e. The lowest BCUT2D eigenvalue weighted by Crippen LogP contribution is -2.20. The Hall–Kier alpha value is -2.92. The summed E-state index contributed by atoms with van der Waals surface area (Å²) in [5.41, 5.74) is 6.68. The Bertz CT molecular complexity index is 688. The first-order valence-electron chi connectivity index (χ1n) is 6.14. The molecule has 0 saturated heterocycles. The van der Waals surface area contributed by atoms with Gasteiger partial charge in [-0.05, 0) is 12.1 Å². The number of hydrogen-bond acceptors (Lipinski definition) is 6. The number of para-hydroxylation sites is 1. The van der Waals surface area contributed by atoms with Crippen molar-refractivity contribution in [2.75, 3.05) is 12.4 Å². The molecule has 0 aliphatic heterocycles. The van der Waals surface area contributed by atoms with E-state index in [1.54, 1.807) is 24.4 Å². The third-order valence-corrected chi connectivity index (χ3v) is 2.73. The van der Waals surface area contributed by atoms with Crippen molar-refractivity contribution in [1.29, 1.82) is 5.26 Å². The highest BCUT2D eigenvalue weighted by atomic mass is 16.5. The Morgan fingerprint density at radius 1 is 1.57 bits per heavy atom. The van der Waals surface area contributed by atoms with E-state index >= 15 is 0 Å². The number of nitrogens with two attached hydrogens (primary N) is 1. The fourth-order valence-corrected chi connectivity index (χ4v) is 1.76.